The number of aromatic nitrogens is 2. The van der Waals surface area contributed by atoms with E-state index in [0.29, 0.717) is 11.2 Å². The Labute approximate surface area is 83.1 Å². The Morgan fingerprint density at radius 2 is 2.14 bits per heavy atom. The van der Waals surface area contributed by atoms with Crippen LogP contribution < -0.4 is 10.6 Å². The smallest absolute Gasteiger partial charge is 0.134 e. The molecule has 74 valence electrons. The SMILES string of the molecule is Nc1cc(N2CCC3(CC3)C2)ncn1. The van der Waals surface area contributed by atoms with Crippen molar-refractivity contribution in [2.24, 2.45) is 5.41 Å². The lowest BCUT2D eigenvalue weighted by atomic mass is 10.1. The topological polar surface area (TPSA) is 55.0 Å². The summed E-state index contributed by atoms with van der Waals surface area (Å²) in [7, 11) is 0. The Morgan fingerprint density at radius 3 is 2.79 bits per heavy atom. The molecule has 3 rings (SSSR count). The third-order valence-electron chi connectivity index (χ3n) is 3.39. The van der Waals surface area contributed by atoms with Crippen molar-refractivity contribution < 1.29 is 0 Å². The largest absolute Gasteiger partial charge is 0.384 e. The Hall–Kier alpha value is -1.32. The summed E-state index contributed by atoms with van der Waals surface area (Å²) in [6, 6.07) is 1.86. The summed E-state index contributed by atoms with van der Waals surface area (Å²) < 4.78 is 0. The van der Waals surface area contributed by atoms with Crippen LogP contribution in [0.2, 0.25) is 0 Å². The number of hydrogen-bond donors (Lipinski definition) is 1. The predicted molar refractivity (Wildman–Crippen MR) is 54.9 cm³/mol. The first-order valence-corrected chi connectivity index (χ1v) is 5.10. The maximum Gasteiger partial charge on any atom is 0.134 e. The highest BCUT2D eigenvalue weighted by Crippen LogP contribution is 2.53. The van der Waals surface area contributed by atoms with Crippen LogP contribution in [0.3, 0.4) is 0 Å². The molecule has 4 heteroatoms. The lowest BCUT2D eigenvalue weighted by molar-refractivity contribution is 0.580. The van der Waals surface area contributed by atoms with Crippen molar-refractivity contribution in [3.05, 3.63) is 12.4 Å². The zero-order valence-electron chi connectivity index (χ0n) is 8.11. The van der Waals surface area contributed by atoms with Crippen molar-refractivity contribution in [2.75, 3.05) is 23.7 Å². The minimum Gasteiger partial charge on any atom is -0.384 e. The normalized spacial score (nSPS) is 23.0. The van der Waals surface area contributed by atoms with E-state index in [1.54, 1.807) is 6.33 Å². The highest BCUT2D eigenvalue weighted by atomic mass is 15.2. The van der Waals surface area contributed by atoms with E-state index in [0.717, 1.165) is 18.9 Å². The minimum atomic E-state index is 0.562. The summed E-state index contributed by atoms with van der Waals surface area (Å²) >= 11 is 0. The van der Waals surface area contributed by atoms with Gasteiger partial charge in [-0.25, -0.2) is 9.97 Å². The van der Waals surface area contributed by atoms with Crippen LogP contribution in [0.4, 0.5) is 11.6 Å². The van der Waals surface area contributed by atoms with Crippen molar-refractivity contribution in [3.63, 3.8) is 0 Å². The van der Waals surface area contributed by atoms with E-state index in [4.69, 9.17) is 5.73 Å². The maximum absolute atomic E-state index is 5.63. The van der Waals surface area contributed by atoms with Crippen LogP contribution in [-0.2, 0) is 0 Å². The number of hydrogen-bond acceptors (Lipinski definition) is 4. The van der Waals surface area contributed by atoms with Crippen molar-refractivity contribution >= 4 is 11.6 Å². The molecule has 1 aromatic rings. The van der Waals surface area contributed by atoms with Crippen LogP contribution >= 0.6 is 0 Å². The van der Waals surface area contributed by atoms with Gasteiger partial charge in [-0.1, -0.05) is 0 Å². The fourth-order valence-electron chi connectivity index (χ4n) is 2.25. The van der Waals surface area contributed by atoms with Crippen molar-refractivity contribution in [3.8, 4) is 0 Å². The molecule has 14 heavy (non-hydrogen) atoms. The molecule has 1 aliphatic carbocycles. The average molecular weight is 190 g/mol. The highest BCUT2D eigenvalue weighted by Gasteiger charge is 2.47. The molecular weight excluding hydrogens is 176 g/mol. The molecule has 2 N–H and O–H groups in total. The zero-order valence-corrected chi connectivity index (χ0v) is 8.11. The number of nitrogens with zero attached hydrogens (tertiary/aromatic N) is 3. The van der Waals surface area contributed by atoms with Gasteiger partial charge in [0.1, 0.15) is 18.0 Å². The van der Waals surface area contributed by atoms with Crippen LogP contribution in [0.5, 0.6) is 0 Å². The molecule has 4 nitrogen and oxygen atoms in total. The van der Waals surface area contributed by atoms with Crippen LogP contribution in [0.25, 0.3) is 0 Å². The molecule has 1 saturated carbocycles. The van der Waals surface area contributed by atoms with E-state index in [9.17, 15) is 0 Å². The summed E-state index contributed by atoms with van der Waals surface area (Å²) in [6.45, 7) is 2.28. The van der Waals surface area contributed by atoms with E-state index < -0.39 is 0 Å². The second kappa shape index (κ2) is 2.59. The van der Waals surface area contributed by atoms with Crippen LogP contribution in [0.15, 0.2) is 12.4 Å². The van der Waals surface area contributed by atoms with E-state index in [2.05, 4.69) is 14.9 Å². The van der Waals surface area contributed by atoms with Crippen LogP contribution in [0, 0.1) is 5.41 Å². The Morgan fingerprint density at radius 1 is 1.29 bits per heavy atom. The number of rotatable bonds is 1. The molecule has 1 spiro atoms. The van der Waals surface area contributed by atoms with Crippen molar-refractivity contribution in [1.29, 1.82) is 0 Å². The first kappa shape index (κ1) is 8.03. The first-order chi connectivity index (χ1) is 6.77. The molecule has 0 radical (unpaired) electrons. The van der Waals surface area contributed by atoms with E-state index in [-0.39, 0.29) is 0 Å². The van der Waals surface area contributed by atoms with Gasteiger partial charge in [-0.2, -0.15) is 0 Å². The highest BCUT2D eigenvalue weighted by molar-refractivity contribution is 5.47. The molecule has 0 atom stereocenters. The molecule has 2 heterocycles. The van der Waals surface area contributed by atoms with Crippen LogP contribution in [-0.4, -0.2) is 23.1 Å². The van der Waals surface area contributed by atoms with E-state index in [1.165, 1.54) is 19.3 Å². The van der Waals surface area contributed by atoms with Gasteiger partial charge in [-0.3, -0.25) is 0 Å². The fourth-order valence-corrected chi connectivity index (χ4v) is 2.25. The Balaban J connectivity index is 1.82. The van der Waals surface area contributed by atoms with Gasteiger partial charge in [0.15, 0.2) is 0 Å². The van der Waals surface area contributed by atoms with Gasteiger partial charge in [0.25, 0.3) is 0 Å². The molecule has 0 unspecified atom stereocenters. The first-order valence-electron chi connectivity index (χ1n) is 5.10. The predicted octanol–water partition coefficient (Wildman–Crippen LogP) is 1.05. The molecule has 0 amide bonds. The quantitative estimate of drug-likeness (QED) is 0.719. The van der Waals surface area contributed by atoms with Gasteiger partial charge in [0, 0.05) is 19.2 Å². The molecule has 1 saturated heterocycles. The second-order valence-corrected chi connectivity index (χ2v) is 4.47. The van der Waals surface area contributed by atoms with Crippen molar-refractivity contribution in [1.82, 2.24) is 9.97 Å². The van der Waals surface area contributed by atoms with Gasteiger partial charge >= 0.3 is 0 Å². The minimum absolute atomic E-state index is 0.562. The fraction of sp³-hybridized carbons (Fsp3) is 0.600. The maximum atomic E-state index is 5.63. The molecule has 0 aromatic carbocycles. The Kier molecular flexibility index (Phi) is 1.48. The zero-order chi connectivity index (χ0) is 9.60. The molecule has 1 aliphatic heterocycles. The Bertz CT molecular complexity index is 359. The second-order valence-electron chi connectivity index (χ2n) is 4.47. The van der Waals surface area contributed by atoms with E-state index >= 15 is 0 Å². The number of anilines is 2. The summed E-state index contributed by atoms with van der Waals surface area (Å²) in [6.07, 6.45) is 5.65. The average Bonchev–Trinajstić information content (AvgIpc) is 2.76. The van der Waals surface area contributed by atoms with Crippen LogP contribution in [0.1, 0.15) is 19.3 Å². The summed E-state index contributed by atoms with van der Waals surface area (Å²) in [4.78, 5) is 10.5. The standard InChI is InChI=1S/C10H14N4/c11-8-5-9(13-7-12-8)14-4-3-10(6-14)1-2-10/h5,7H,1-4,6H2,(H2,11,12,13). The van der Waals surface area contributed by atoms with Gasteiger partial charge < -0.3 is 10.6 Å². The lowest BCUT2D eigenvalue weighted by Gasteiger charge is -2.16. The third-order valence-corrected chi connectivity index (χ3v) is 3.39. The number of nitrogens with two attached hydrogens (primary N) is 1. The van der Waals surface area contributed by atoms with Gasteiger partial charge in [-0.15, -0.1) is 0 Å². The van der Waals surface area contributed by atoms with Gasteiger partial charge in [0.2, 0.25) is 0 Å². The molecule has 2 aliphatic rings. The van der Waals surface area contributed by atoms with Gasteiger partial charge in [-0.05, 0) is 24.7 Å². The number of nitrogen functional groups attached to an aromatic ring is 1. The lowest BCUT2D eigenvalue weighted by Crippen LogP contribution is -2.21. The van der Waals surface area contributed by atoms with Crippen molar-refractivity contribution in [2.45, 2.75) is 19.3 Å². The summed E-state index contributed by atoms with van der Waals surface area (Å²) in [5.74, 6) is 1.55. The molecule has 0 bridgehead atoms. The molecular formula is C10H14N4. The summed E-state index contributed by atoms with van der Waals surface area (Å²) in [5.41, 5.74) is 6.27. The van der Waals surface area contributed by atoms with E-state index in [1.807, 2.05) is 6.07 Å². The molecule has 1 aromatic heterocycles. The monoisotopic (exact) mass is 190 g/mol. The third kappa shape index (κ3) is 1.22. The molecule has 2 fully saturated rings. The van der Waals surface area contributed by atoms with Gasteiger partial charge in [0.05, 0.1) is 0 Å². The summed E-state index contributed by atoms with van der Waals surface area (Å²) in [5, 5.41) is 0.